The summed E-state index contributed by atoms with van der Waals surface area (Å²) in [5.74, 6) is 0.106. The molecule has 0 spiro atoms. The molecule has 0 unspecified atom stereocenters. The van der Waals surface area contributed by atoms with Gasteiger partial charge in [0.05, 0.1) is 13.2 Å². The molecule has 0 aromatic carbocycles. The number of hydrogen-bond acceptors (Lipinski definition) is 8. The van der Waals surface area contributed by atoms with E-state index >= 15 is 0 Å². The number of phosphoric acid groups is 2. The number of hydrogen-bond donors (Lipinski definition) is 6. The molecule has 12 nitrogen and oxygen atoms in total. The number of aliphatic hydroxyl groups excluding tert-OH is 2. The van der Waals surface area contributed by atoms with Crippen LogP contribution >= 0.6 is 15.6 Å². The van der Waals surface area contributed by atoms with Crippen molar-refractivity contribution in [3.8, 4) is 0 Å². The molecule has 168 valence electrons. The third-order valence-corrected chi connectivity index (χ3v) is 5.24. The minimum absolute atomic E-state index is 0.106. The average Bonchev–Trinajstić information content (AvgIpc) is 2.55. The average molecular weight is 452 g/mol. The number of ether oxygens (including phenoxy) is 2. The van der Waals surface area contributed by atoms with E-state index in [9.17, 15) is 19.3 Å². The van der Waals surface area contributed by atoms with Gasteiger partial charge >= 0.3 is 15.6 Å². The Morgan fingerprint density at radius 1 is 0.964 bits per heavy atom. The van der Waals surface area contributed by atoms with Gasteiger partial charge in [0.1, 0.15) is 24.4 Å². The highest BCUT2D eigenvalue weighted by Gasteiger charge is 2.51. The standard InChI is InChI=1S/C14H30O12P2/c1-3-5-9(6-4-2)8-23-14-13(26-28(20,21)22)12(25-27(17,18)19)11(16)10(7-15)24-14/h9-16H,3-8H2,1-2H3,(H2,17,18,19)(H2,20,21,22)/t10-,11+,12+,13-,14-/m1/s1. The van der Waals surface area contributed by atoms with Crippen molar-refractivity contribution < 1.29 is 57.4 Å². The van der Waals surface area contributed by atoms with Gasteiger partial charge in [-0.2, -0.15) is 0 Å². The van der Waals surface area contributed by atoms with Gasteiger partial charge in [-0.1, -0.05) is 26.7 Å². The molecule has 5 atom stereocenters. The minimum atomic E-state index is -5.18. The van der Waals surface area contributed by atoms with E-state index in [1.54, 1.807) is 0 Å². The van der Waals surface area contributed by atoms with Crippen molar-refractivity contribution in [2.24, 2.45) is 5.92 Å². The molecule has 1 fully saturated rings. The van der Waals surface area contributed by atoms with Crippen molar-refractivity contribution in [3.05, 3.63) is 0 Å². The van der Waals surface area contributed by atoms with Gasteiger partial charge in [0.25, 0.3) is 0 Å². The molecule has 6 N–H and O–H groups in total. The second kappa shape index (κ2) is 11.5. The summed E-state index contributed by atoms with van der Waals surface area (Å²) in [4.78, 5) is 36.5. The first-order chi connectivity index (χ1) is 12.9. The van der Waals surface area contributed by atoms with Crippen LogP contribution in [0, 0.1) is 5.92 Å². The fourth-order valence-electron chi connectivity index (χ4n) is 3.08. The van der Waals surface area contributed by atoms with Gasteiger partial charge in [-0.3, -0.25) is 9.05 Å². The van der Waals surface area contributed by atoms with E-state index in [2.05, 4.69) is 9.05 Å². The largest absolute Gasteiger partial charge is 0.470 e. The second-order valence-corrected chi connectivity index (χ2v) is 9.00. The lowest BCUT2D eigenvalue weighted by Crippen LogP contribution is -2.60. The van der Waals surface area contributed by atoms with Crippen LogP contribution in [-0.2, 0) is 27.7 Å². The van der Waals surface area contributed by atoms with Gasteiger partial charge in [0.15, 0.2) is 6.29 Å². The van der Waals surface area contributed by atoms with Crippen LogP contribution in [0.5, 0.6) is 0 Å². The zero-order valence-corrected chi connectivity index (χ0v) is 17.5. The summed E-state index contributed by atoms with van der Waals surface area (Å²) in [5.41, 5.74) is 0. The number of rotatable bonds is 12. The molecule has 1 heterocycles. The highest BCUT2D eigenvalue weighted by Crippen LogP contribution is 2.46. The van der Waals surface area contributed by atoms with E-state index in [4.69, 9.17) is 29.0 Å². The molecular formula is C14H30O12P2. The Morgan fingerprint density at radius 2 is 1.46 bits per heavy atom. The Kier molecular flexibility index (Phi) is 10.7. The van der Waals surface area contributed by atoms with Gasteiger partial charge in [0.2, 0.25) is 0 Å². The first-order valence-corrected chi connectivity index (χ1v) is 12.0. The monoisotopic (exact) mass is 452 g/mol. The Hall–Kier alpha value is 0.0600. The van der Waals surface area contributed by atoms with Crippen molar-refractivity contribution in [1.82, 2.24) is 0 Å². The van der Waals surface area contributed by atoms with Crippen LogP contribution in [0.1, 0.15) is 39.5 Å². The molecule has 0 aromatic rings. The lowest BCUT2D eigenvalue weighted by molar-refractivity contribution is -0.297. The van der Waals surface area contributed by atoms with E-state index in [1.807, 2.05) is 13.8 Å². The molecule has 0 radical (unpaired) electrons. The Balaban J connectivity index is 3.09. The molecule has 1 aliphatic heterocycles. The molecule has 0 saturated carbocycles. The first kappa shape index (κ1) is 26.1. The van der Waals surface area contributed by atoms with Gasteiger partial charge in [-0.05, 0) is 18.8 Å². The van der Waals surface area contributed by atoms with Crippen LogP contribution < -0.4 is 0 Å². The third kappa shape index (κ3) is 8.83. The molecule has 1 saturated heterocycles. The van der Waals surface area contributed by atoms with E-state index in [0.717, 1.165) is 25.7 Å². The second-order valence-electron chi connectivity index (χ2n) is 6.61. The molecule has 0 amide bonds. The van der Waals surface area contributed by atoms with E-state index in [0.29, 0.717) is 0 Å². The summed E-state index contributed by atoms with van der Waals surface area (Å²) >= 11 is 0. The molecule has 28 heavy (non-hydrogen) atoms. The third-order valence-electron chi connectivity index (χ3n) is 4.21. The fourth-order valence-corrected chi connectivity index (χ4v) is 4.18. The van der Waals surface area contributed by atoms with Gasteiger partial charge in [0, 0.05) is 0 Å². The van der Waals surface area contributed by atoms with Gasteiger partial charge in [-0.15, -0.1) is 0 Å². The fraction of sp³-hybridized carbons (Fsp3) is 1.00. The van der Waals surface area contributed by atoms with Crippen molar-refractivity contribution in [3.63, 3.8) is 0 Å². The lowest BCUT2D eigenvalue weighted by Gasteiger charge is -2.43. The maximum atomic E-state index is 11.3. The molecule has 1 aliphatic rings. The van der Waals surface area contributed by atoms with Crippen molar-refractivity contribution in [1.29, 1.82) is 0 Å². The van der Waals surface area contributed by atoms with Crippen LogP contribution in [0.2, 0.25) is 0 Å². The van der Waals surface area contributed by atoms with E-state index in [-0.39, 0.29) is 12.5 Å². The molecule has 0 aliphatic carbocycles. The number of aliphatic hydroxyl groups is 2. The summed E-state index contributed by atoms with van der Waals surface area (Å²) in [6.07, 6.45) is -5.12. The van der Waals surface area contributed by atoms with Crippen molar-refractivity contribution in [2.75, 3.05) is 13.2 Å². The summed E-state index contributed by atoms with van der Waals surface area (Å²) in [7, 11) is -10.4. The van der Waals surface area contributed by atoms with Crippen molar-refractivity contribution in [2.45, 2.75) is 70.2 Å². The van der Waals surface area contributed by atoms with Gasteiger partial charge in [-0.25, -0.2) is 9.13 Å². The van der Waals surface area contributed by atoms with Crippen LogP contribution in [0.25, 0.3) is 0 Å². The van der Waals surface area contributed by atoms with E-state index in [1.165, 1.54) is 0 Å². The topological polar surface area (TPSA) is 192 Å². The summed E-state index contributed by atoms with van der Waals surface area (Å²) < 4.78 is 42.6. The smallest absolute Gasteiger partial charge is 0.394 e. The minimum Gasteiger partial charge on any atom is -0.394 e. The number of phosphoric ester groups is 2. The van der Waals surface area contributed by atoms with Crippen LogP contribution in [-0.4, -0.2) is 73.7 Å². The maximum absolute atomic E-state index is 11.3. The SMILES string of the molecule is CCCC(CCC)CO[C@@H]1O[C@H](CO)[C@H](O)[C@H](OP(=O)(O)O)[C@H]1OP(=O)(O)O. The van der Waals surface area contributed by atoms with Crippen LogP contribution in [0.4, 0.5) is 0 Å². The van der Waals surface area contributed by atoms with E-state index < -0.39 is 53.0 Å². The highest BCUT2D eigenvalue weighted by atomic mass is 31.2. The Bertz CT molecular complexity index is 542. The Morgan fingerprint density at radius 3 is 1.89 bits per heavy atom. The van der Waals surface area contributed by atoms with Crippen LogP contribution in [0.15, 0.2) is 0 Å². The first-order valence-electron chi connectivity index (χ1n) is 8.95. The molecule has 1 rings (SSSR count). The quantitative estimate of drug-likeness (QED) is 0.222. The van der Waals surface area contributed by atoms with Crippen LogP contribution in [0.3, 0.4) is 0 Å². The molecule has 14 heteroatoms. The summed E-state index contributed by atoms with van der Waals surface area (Å²) in [6, 6.07) is 0. The Labute approximate surface area is 163 Å². The normalized spacial score (nSPS) is 29.4. The highest BCUT2D eigenvalue weighted by molar-refractivity contribution is 7.46. The predicted molar refractivity (Wildman–Crippen MR) is 94.8 cm³/mol. The molecule has 0 aromatic heterocycles. The maximum Gasteiger partial charge on any atom is 0.470 e. The predicted octanol–water partition coefficient (Wildman–Crippen LogP) is 0.253. The van der Waals surface area contributed by atoms with Crippen molar-refractivity contribution >= 4 is 15.6 Å². The summed E-state index contributed by atoms with van der Waals surface area (Å²) in [6.45, 7) is 3.34. The molecule has 0 bridgehead atoms. The zero-order chi connectivity index (χ0) is 21.5. The molecular weight excluding hydrogens is 422 g/mol. The zero-order valence-electron chi connectivity index (χ0n) is 15.7. The summed E-state index contributed by atoms with van der Waals surface area (Å²) in [5, 5.41) is 19.6. The van der Waals surface area contributed by atoms with Gasteiger partial charge < -0.3 is 39.3 Å². The lowest BCUT2D eigenvalue weighted by atomic mass is 9.98.